The van der Waals surface area contributed by atoms with Crippen LogP contribution in [-0.4, -0.2) is 44.0 Å². The zero-order chi connectivity index (χ0) is 25.6. The van der Waals surface area contributed by atoms with E-state index in [9.17, 15) is 5.26 Å². The minimum Gasteiger partial charge on any atom is -0.495 e. The lowest BCUT2D eigenvalue weighted by Gasteiger charge is -2.16. The van der Waals surface area contributed by atoms with Crippen molar-refractivity contribution in [2.75, 3.05) is 12.4 Å². The summed E-state index contributed by atoms with van der Waals surface area (Å²) >= 11 is 0. The maximum Gasteiger partial charge on any atom is 0.227 e. The summed E-state index contributed by atoms with van der Waals surface area (Å²) < 4.78 is 13.3. The summed E-state index contributed by atoms with van der Waals surface area (Å²) in [6.45, 7) is 3.26. The molecule has 1 atom stereocenters. The van der Waals surface area contributed by atoms with E-state index < -0.39 is 0 Å². The zero-order valence-electron chi connectivity index (χ0n) is 21.6. The molecule has 204 valence electrons. The third kappa shape index (κ3) is 7.80. The van der Waals surface area contributed by atoms with E-state index in [0.717, 1.165) is 29.1 Å². The highest BCUT2D eigenvalue weighted by Crippen LogP contribution is 2.30. The zero-order valence-corrected chi connectivity index (χ0v) is 23.2. The van der Waals surface area contributed by atoms with Gasteiger partial charge < -0.3 is 20.1 Å². The standard InChI is InChI=1S/C27H28N8O2.2ClH/c1-18(15-35-17-29-16-33-35)37-25-10-20(4-5-21(25)11-28)22-13-31-27(32-14-22)34-24-8-3-19(9-26(24)36-2)12-30-23-6-7-23;;/h3-5,8-10,13-14,16-18,23,30H,6-7,12,15H2,1-2H3,(H,31,32,34);2*1H/t18-;;/m0../s1. The topological polar surface area (TPSA) is 123 Å². The van der Waals surface area contributed by atoms with Crippen molar-refractivity contribution < 1.29 is 9.47 Å². The highest BCUT2D eigenvalue weighted by Gasteiger charge is 2.20. The van der Waals surface area contributed by atoms with Crippen LogP contribution in [0.15, 0.2) is 61.4 Å². The molecule has 5 rings (SSSR count). The molecule has 2 aromatic carbocycles. The highest BCUT2D eigenvalue weighted by atomic mass is 35.5. The van der Waals surface area contributed by atoms with Crippen molar-refractivity contribution in [1.82, 2.24) is 30.0 Å². The number of benzene rings is 2. The number of nitrogens with zero attached hydrogens (tertiary/aromatic N) is 6. The summed E-state index contributed by atoms with van der Waals surface area (Å²) in [4.78, 5) is 12.9. The third-order valence-corrected chi connectivity index (χ3v) is 6.01. The van der Waals surface area contributed by atoms with Crippen LogP contribution < -0.4 is 20.1 Å². The van der Waals surface area contributed by atoms with Crippen molar-refractivity contribution in [3.63, 3.8) is 0 Å². The molecule has 0 radical (unpaired) electrons. The minimum atomic E-state index is -0.210. The number of aromatic nitrogens is 5. The van der Waals surface area contributed by atoms with Gasteiger partial charge in [-0.3, -0.25) is 0 Å². The number of anilines is 2. The molecular weight excluding hydrogens is 539 g/mol. The summed E-state index contributed by atoms with van der Waals surface area (Å²) in [5, 5.41) is 20.4. The molecule has 0 amide bonds. The number of hydrogen-bond acceptors (Lipinski definition) is 9. The number of nitriles is 1. The molecule has 12 heteroatoms. The van der Waals surface area contributed by atoms with E-state index in [2.05, 4.69) is 42.8 Å². The monoisotopic (exact) mass is 568 g/mol. The second kappa shape index (κ2) is 13.8. The van der Waals surface area contributed by atoms with Gasteiger partial charge in [0.25, 0.3) is 0 Å². The van der Waals surface area contributed by atoms with E-state index in [1.54, 1.807) is 36.6 Å². The molecule has 2 N–H and O–H groups in total. The Labute approximate surface area is 239 Å². The summed E-state index contributed by atoms with van der Waals surface area (Å²) in [5.41, 5.74) is 4.06. The SMILES string of the molecule is COc1cc(CNC2CC2)ccc1Nc1ncc(-c2ccc(C#N)c(O[C@@H](C)Cn3cncn3)c2)cn1.Cl.Cl. The molecule has 0 saturated heterocycles. The molecule has 4 aromatic rings. The van der Waals surface area contributed by atoms with E-state index >= 15 is 0 Å². The van der Waals surface area contributed by atoms with Gasteiger partial charge in [-0.2, -0.15) is 10.4 Å². The van der Waals surface area contributed by atoms with Crippen LogP contribution in [0.5, 0.6) is 11.5 Å². The normalized spacial score (nSPS) is 12.8. The Morgan fingerprint density at radius 3 is 2.54 bits per heavy atom. The van der Waals surface area contributed by atoms with E-state index in [4.69, 9.17) is 9.47 Å². The Morgan fingerprint density at radius 1 is 1.08 bits per heavy atom. The fourth-order valence-electron chi connectivity index (χ4n) is 3.90. The van der Waals surface area contributed by atoms with Crippen LogP contribution in [-0.2, 0) is 13.1 Å². The predicted molar refractivity (Wildman–Crippen MR) is 153 cm³/mol. The molecule has 2 heterocycles. The van der Waals surface area contributed by atoms with Crippen LogP contribution in [0.2, 0.25) is 0 Å². The minimum absolute atomic E-state index is 0. The van der Waals surface area contributed by atoms with Gasteiger partial charge in [0.15, 0.2) is 0 Å². The van der Waals surface area contributed by atoms with Gasteiger partial charge in [-0.15, -0.1) is 24.8 Å². The summed E-state index contributed by atoms with van der Waals surface area (Å²) in [6.07, 6.45) is 8.88. The lowest BCUT2D eigenvalue weighted by atomic mass is 10.1. The molecule has 39 heavy (non-hydrogen) atoms. The van der Waals surface area contributed by atoms with Crippen LogP contribution in [0.4, 0.5) is 11.6 Å². The Hall–Kier alpha value is -3.91. The van der Waals surface area contributed by atoms with Crippen molar-refractivity contribution in [1.29, 1.82) is 5.26 Å². The number of hydrogen-bond donors (Lipinski definition) is 2. The molecule has 0 spiro atoms. The molecule has 1 aliphatic carbocycles. The number of rotatable bonds is 11. The van der Waals surface area contributed by atoms with Crippen molar-refractivity contribution >= 4 is 36.4 Å². The molecular formula is C27H30Cl2N8O2. The number of ether oxygens (including phenoxy) is 2. The lowest BCUT2D eigenvalue weighted by molar-refractivity contribution is 0.193. The van der Waals surface area contributed by atoms with Crippen molar-refractivity contribution in [3.8, 4) is 28.7 Å². The number of nitrogens with one attached hydrogen (secondary N) is 2. The maximum atomic E-state index is 9.54. The first kappa shape index (κ1) is 29.6. The van der Waals surface area contributed by atoms with Gasteiger partial charge >= 0.3 is 0 Å². The fourth-order valence-corrected chi connectivity index (χ4v) is 3.90. The fraction of sp³-hybridized carbons (Fsp3) is 0.296. The number of halogens is 2. The summed E-state index contributed by atoms with van der Waals surface area (Å²) in [7, 11) is 1.65. The van der Waals surface area contributed by atoms with Gasteiger partial charge in [0.1, 0.15) is 36.3 Å². The van der Waals surface area contributed by atoms with E-state index in [-0.39, 0.29) is 30.9 Å². The maximum absolute atomic E-state index is 9.54. The average Bonchev–Trinajstić information content (AvgIpc) is 3.62. The van der Waals surface area contributed by atoms with E-state index in [1.807, 2.05) is 31.2 Å². The third-order valence-electron chi connectivity index (χ3n) is 6.01. The van der Waals surface area contributed by atoms with Crippen molar-refractivity contribution in [2.45, 2.75) is 45.0 Å². The van der Waals surface area contributed by atoms with Gasteiger partial charge in [-0.25, -0.2) is 19.6 Å². The molecule has 0 unspecified atom stereocenters. The van der Waals surface area contributed by atoms with Gasteiger partial charge in [-0.05, 0) is 55.2 Å². The number of methoxy groups -OCH3 is 1. The van der Waals surface area contributed by atoms with Gasteiger partial charge in [-0.1, -0.05) is 12.1 Å². The summed E-state index contributed by atoms with van der Waals surface area (Å²) in [6, 6.07) is 14.3. The molecule has 1 fully saturated rings. The Bertz CT molecular complexity index is 1390. The first-order valence-electron chi connectivity index (χ1n) is 12.1. The Morgan fingerprint density at radius 2 is 1.87 bits per heavy atom. The van der Waals surface area contributed by atoms with Gasteiger partial charge in [0.05, 0.1) is 24.9 Å². The van der Waals surface area contributed by atoms with Crippen LogP contribution in [0.3, 0.4) is 0 Å². The molecule has 0 bridgehead atoms. The van der Waals surface area contributed by atoms with E-state index in [1.165, 1.54) is 24.7 Å². The van der Waals surface area contributed by atoms with Crippen LogP contribution in [0.25, 0.3) is 11.1 Å². The van der Waals surface area contributed by atoms with Crippen molar-refractivity contribution in [2.24, 2.45) is 0 Å². The van der Waals surface area contributed by atoms with Gasteiger partial charge in [0.2, 0.25) is 5.95 Å². The van der Waals surface area contributed by atoms with Crippen molar-refractivity contribution in [3.05, 3.63) is 72.6 Å². The van der Waals surface area contributed by atoms with Crippen LogP contribution in [0, 0.1) is 11.3 Å². The first-order chi connectivity index (χ1) is 18.1. The van der Waals surface area contributed by atoms with Crippen LogP contribution in [0.1, 0.15) is 30.9 Å². The highest BCUT2D eigenvalue weighted by molar-refractivity contribution is 5.85. The molecule has 1 aliphatic rings. The van der Waals surface area contributed by atoms with Gasteiger partial charge in [0, 0.05) is 30.5 Å². The second-order valence-corrected chi connectivity index (χ2v) is 8.98. The second-order valence-electron chi connectivity index (χ2n) is 8.98. The Balaban J connectivity index is 0.00000210. The average molecular weight is 569 g/mol. The molecule has 2 aromatic heterocycles. The van der Waals surface area contributed by atoms with E-state index in [0.29, 0.717) is 29.8 Å². The first-order valence-corrected chi connectivity index (χ1v) is 12.1. The molecule has 0 aliphatic heterocycles. The lowest BCUT2D eigenvalue weighted by Crippen LogP contribution is -2.20. The largest absolute Gasteiger partial charge is 0.495 e. The molecule has 1 saturated carbocycles. The predicted octanol–water partition coefficient (Wildman–Crippen LogP) is 4.92. The smallest absolute Gasteiger partial charge is 0.227 e. The molecule has 10 nitrogen and oxygen atoms in total. The summed E-state index contributed by atoms with van der Waals surface area (Å²) in [5.74, 6) is 1.69. The quantitative estimate of drug-likeness (QED) is 0.259. The Kier molecular flexibility index (Phi) is 10.5. The van der Waals surface area contributed by atoms with Crippen LogP contribution >= 0.6 is 24.8 Å².